The first kappa shape index (κ1) is 17.9. The maximum Gasteiger partial charge on any atom is 0.137 e. The van der Waals surface area contributed by atoms with Crippen LogP contribution in [0.4, 0.5) is 17.1 Å². The summed E-state index contributed by atoms with van der Waals surface area (Å²) in [5.74, 6) is 0. The smallest absolute Gasteiger partial charge is 0.137 e. The molecule has 0 N–H and O–H groups in total. The van der Waals surface area contributed by atoms with Gasteiger partial charge in [-0.1, -0.05) is 24.3 Å². The van der Waals surface area contributed by atoms with Crippen LogP contribution in [-0.4, -0.2) is 20.6 Å². The van der Waals surface area contributed by atoms with Crippen LogP contribution in [0.5, 0.6) is 0 Å². The first-order chi connectivity index (χ1) is 13.5. The van der Waals surface area contributed by atoms with E-state index in [-0.39, 0.29) is 0 Å². The summed E-state index contributed by atoms with van der Waals surface area (Å²) in [5, 5.41) is 12.0. The fourth-order valence-corrected chi connectivity index (χ4v) is 3.80. The van der Waals surface area contributed by atoms with Crippen molar-refractivity contribution < 1.29 is 4.42 Å². The molecule has 0 aliphatic heterocycles. The highest BCUT2D eigenvalue weighted by molar-refractivity contribution is 6.06. The number of aryl methyl sites for hydroxylation is 1. The minimum absolute atomic E-state index is 0.657. The first-order valence-electron chi connectivity index (χ1n) is 9.45. The molecular formula is C24H23N3O. The van der Waals surface area contributed by atoms with Crippen molar-refractivity contribution >= 4 is 39.0 Å². The highest BCUT2D eigenvalue weighted by Crippen LogP contribution is 2.40. The molecule has 0 unspecified atom stereocenters. The van der Waals surface area contributed by atoms with Crippen molar-refractivity contribution in [1.82, 2.24) is 0 Å². The van der Waals surface area contributed by atoms with Gasteiger partial charge in [0.15, 0.2) is 0 Å². The Balaban J connectivity index is 1.92. The predicted molar refractivity (Wildman–Crippen MR) is 117 cm³/mol. The van der Waals surface area contributed by atoms with Gasteiger partial charge in [-0.25, -0.2) is 0 Å². The van der Waals surface area contributed by atoms with Crippen LogP contribution in [0.1, 0.15) is 18.1 Å². The Morgan fingerprint density at radius 2 is 1.71 bits per heavy atom. The summed E-state index contributed by atoms with van der Waals surface area (Å²) in [6.45, 7) is 5.07. The molecule has 0 bridgehead atoms. The lowest BCUT2D eigenvalue weighted by molar-refractivity contribution is 0.669. The number of furan rings is 1. The molecule has 0 aliphatic rings. The van der Waals surface area contributed by atoms with Gasteiger partial charge in [0.2, 0.25) is 0 Å². The number of benzene rings is 3. The monoisotopic (exact) mass is 369 g/mol. The fraction of sp³-hybridized carbons (Fsp3) is 0.208. The number of nitriles is 1. The molecule has 0 aliphatic carbocycles. The van der Waals surface area contributed by atoms with E-state index >= 15 is 0 Å². The standard InChI is InChI=1S/C24H23N3O/c1-5-26(3)20-11-8-9-17(15-25)24(20)27(4)21-14-23-19(13-16(21)2)18-10-6-7-12-22(18)28-23/h6-14H,5H2,1-4H3. The third kappa shape index (κ3) is 2.76. The second-order valence-electron chi connectivity index (χ2n) is 7.09. The molecule has 28 heavy (non-hydrogen) atoms. The number of nitrogens with zero attached hydrogens (tertiary/aromatic N) is 3. The molecule has 1 aromatic heterocycles. The van der Waals surface area contributed by atoms with Gasteiger partial charge >= 0.3 is 0 Å². The molecule has 0 spiro atoms. The zero-order chi connectivity index (χ0) is 19.8. The summed E-state index contributed by atoms with van der Waals surface area (Å²) < 4.78 is 6.09. The molecule has 0 radical (unpaired) electrons. The molecule has 4 heteroatoms. The van der Waals surface area contributed by atoms with Crippen molar-refractivity contribution in [2.45, 2.75) is 13.8 Å². The highest BCUT2D eigenvalue weighted by Gasteiger charge is 2.19. The number of hydrogen-bond donors (Lipinski definition) is 0. The molecule has 1 heterocycles. The number of para-hydroxylation sites is 2. The van der Waals surface area contributed by atoms with Crippen LogP contribution >= 0.6 is 0 Å². The molecule has 4 nitrogen and oxygen atoms in total. The van der Waals surface area contributed by atoms with Crippen molar-refractivity contribution in [3.8, 4) is 6.07 Å². The van der Waals surface area contributed by atoms with Crippen molar-refractivity contribution in [2.75, 3.05) is 30.4 Å². The van der Waals surface area contributed by atoms with E-state index in [0.29, 0.717) is 5.56 Å². The van der Waals surface area contributed by atoms with E-state index in [0.717, 1.165) is 51.1 Å². The summed E-state index contributed by atoms with van der Waals surface area (Å²) in [6.07, 6.45) is 0. The summed E-state index contributed by atoms with van der Waals surface area (Å²) in [5.41, 5.74) is 6.51. The second-order valence-corrected chi connectivity index (χ2v) is 7.09. The van der Waals surface area contributed by atoms with Crippen LogP contribution in [-0.2, 0) is 0 Å². The van der Waals surface area contributed by atoms with Crippen LogP contribution < -0.4 is 9.80 Å². The van der Waals surface area contributed by atoms with Crippen molar-refractivity contribution in [1.29, 1.82) is 5.26 Å². The lowest BCUT2D eigenvalue weighted by Gasteiger charge is -2.29. The van der Waals surface area contributed by atoms with E-state index in [9.17, 15) is 5.26 Å². The third-order valence-corrected chi connectivity index (χ3v) is 5.41. The van der Waals surface area contributed by atoms with Crippen LogP contribution in [0.15, 0.2) is 59.0 Å². The molecular weight excluding hydrogens is 346 g/mol. The summed E-state index contributed by atoms with van der Waals surface area (Å²) >= 11 is 0. The van der Waals surface area contributed by atoms with Gasteiger partial charge in [-0.15, -0.1) is 0 Å². The van der Waals surface area contributed by atoms with Crippen molar-refractivity contribution in [2.24, 2.45) is 0 Å². The van der Waals surface area contributed by atoms with Gasteiger partial charge in [-0.2, -0.15) is 5.26 Å². The Morgan fingerprint density at radius 1 is 0.929 bits per heavy atom. The fourth-order valence-electron chi connectivity index (χ4n) is 3.80. The molecule has 140 valence electrons. The molecule has 0 amide bonds. The molecule has 0 saturated heterocycles. The largest absolute Gasteiger partial charge is 0.456 e. The van der Waals surface area contributed by atoms with E-state index in [2.05, 4.69) is 54.0 Å². The Kier molecular flexibility index (Phi) is 4.44. The van der Waals surface area contributed by atoms with Crippen LogP contribution in [0, 0.1) is 18.3 Å². The van der Waals surface area contributed by atoms with Crippen molar-refractivity contribution in [3.63, 3.8) is 0 Å². The Labute approximate surface area is 165 Å². The quantitative estimate of drug-likeness (QED) is 0.443. The topological polar surface area (TPSA) is 43.4 Å². The first-order valence-corrected chi connectivity index (χ1v) is 9.45. The van der Waals surface area contributed by atoms with Gasteiger partial charge in [0.1, 0.15) is 17.2 Å². The van der Waals surface area contributed by atoms with E-state index in [1.165, 1.54) is 0 Å². The molecule has 0 saturated carbocycles. The van der Waals surface area contributed by atoms with Gasteiger partial charge in [-0.05, 0) is 43.7 Å². The molecule has 0 atom stereocenters. The van der Waals surface area contributed by atoms with E-state index in [1.54, 1.807) is 0 Å². The molecule has 0 fully saturated rings. The van der Waals surface area contributed by atoms with Gasteiger partial charge in [0.05, 0.1) is 16.9 Å². The Hall–Kier alpha value is -3.45. The lowest BCUT2D eigenvalue weighted by Crippen LogP contribution is -2.21. The average molecular weight is 369 g/mol. The van der Waals surface area contributed by atoms with E-state index in [1.807, 2.05) is 44.4 Å². The highest BCUT2D eigenvalue weighted by atomic mass is 16.3. The zero-order valence-electron chi connectivity index (χ0n) is 16.7. The normalized spacial score (nSPS) is 11.0. The van der Waals surface area contributed by atoms with Gasteiger partial charge in [0, 0.05) is 43.2 Å². The summed E-state index contributed by atoms with van der Waals surface area (Å²) in [7, 11) is 4.06. The lowest BCUT2D eigenvalue weighted by atomic mass is 10.1. The van der Waals surface area contributed by atoms with E-state index in [4.69, 9.17) is 4.42 Å². The van der Waals surface area contributed by atoms with Crippen LogP contribution in [0.25, 0.3) is 21.9 Å². The number of hydrogen-bond acceptors (Lipinski definition) is 4. The van der Waals surface area contributed by atoms with Gasteiger partial charge < -0.3 is 14.2 Å². The minimum atomic E-state index is 0.657. The maximum absolute atomic E-state index is 9.72. The van der Waals surface area contributed by atoms with Gasteiger partial charge in [-0.3, -0.25) is 0 Å². The minimum Gasteiger partial charge on any atom is -0.456 e. The summed E-state index contributed by atoms with van der Waals surface area (Å²) in [6, 6.07) is 20.6. The summed E-state index contributed by atoms with van der Waals surface area (Å²) in [4.78, 5) is 4.25. The maximum atomic E-state index is 9.72. The number of anilines is 3. The van der Waals surface area contributed by atoms with Crippen LogP contribution in [0.3, 0.4) is 0 Å². The molecule has 4 aromatic rings. The van der Waals surface area contributed by atoms with E-state index < -0.39 is 0 Å². The van der Waals surface area contributed by atoms with Crippen molar-refractivity contribution in [3.05, 3.63) is 65.7 Å². The SMILES string of the molecule is CCN(C)c1cccc(C#N)c1N(C)c1cc2oc3ccccc3c2cc1C. The number of fused-ring (bicyclic) bond motifs is 3. The Morgan fingerprint density at radius 3 is 2.46 bits per heavy atom. The zero-order valence-corrected chi connectivity index (χ0v) is 16.7. The average Bonchev–Trinajstić information content (AvgIpc) is 3.09. The Bertz CT molecular complexity index is 1220. The predicted octanol–water partition coefficient (Wildman–Crippen LogP) is 5.99. The third-order valence-electron chi connectivity index (χ3n) is 5.41. The number of rotatable bonds is 4. The molecule has 3 aromatic carbocycles. The van der Waals surface area contributed by atoms with Crippen LogP contribution in [0.2, 0.25) is 0 Å². The second kappa shape index (κ2) is 6.94. The molecule has 4 rings (SSSR count). The van der Waals surface area contributed by atoms with Gasteiger partial charge in [0.25, 0.3) is 0 Å².